The third-order valence-corrected chi connectivity index (χ3v) is 8.56. The van der Waals surface area contributed by atoms with E-state index in [0.29, 0.717) is 0 Å². The number of nitrogens with zero attached hydrogens (tertiary/aromatic N) is 2. The Hall–Kier alpha value is -5.80. The fourth-order valence-corrected chi connectivity index (χ4v) is 6.66. The molecular weight excluding hydrogens is 524 g/mol. The summed E-state index contributed by atoms with van der Waals surface area (Å²) in [5, 5.41) is 7.26. The Kier molecular flexibility index (Phi) is 5.20. The Bertz CT molecular complexity index is 2450. The van der Waals surface area contributed by atoms with Crippen LogP contribution in [0.5, 0.6) is 0 Å². The van der Waals surface area contributed by atoms with Gasteiger partial charge in [-0.3, -0.25) is 0 Å². The zero-order valence-electron chi connectivity index (χ0n) is 23.3. The molecular formula is C40H26N2O. The van der Waals surface area contributed by atoms with Crippen molar-refractivity contribution in [1.29, 1.82) is 0 Å². The maximum absolute atomic E-state index is 6.48. The van der Waals surface area contributed by atoms with Gasteiger partial charge in [-0.05, 0) is 60.0 Å². The monoisotopic (exact) mass is 550 g/mol. The summed E-state index contributed by atoms with van der Waals surface area (Å²) in [5.41, 5.74) is 8.49. The zero-order chi connectivity index (χ0) is 28.3. The molecule has 43 heavy (non-hydrogen) atoms. The van der Waals surface area contributed by atoms with Crippen molar-refractivity contribution in [2.45, 2.75) is 0 Å². The van der Waals surface area contributed by atoms with E-state index < -0.39 is 0 Å². The zero-order valence-corrected chi connectivity index (χ0v) is 23.3. The first-order valence-electron chi connectivity index (χ1n) is 14.6. The lowest BCUT2D eigenvalue weighted by Crippen LogP contribution is -2.10. The number of hydrogen-bond acceptors (Lipinski definition) is 2. The number of furan rings is 1. The molecule has 0 aliphatic heterocycles. The number of aromatic nitrogens is 1. The third kappa shape index (κ3) is 3.62. The molecule has 0 fully saturated rings. The first-order valence-corrected chi connectivity index (χ1v) is 14.6. The van der Waals surface area contributed by atoms with Gasteiger partial charge in [0.25, 0.3) is 0 Å². The predicted molar refractivity (Wildman–Crippen MR) is 180 cm³/mol. The summed E-state index contributed by atoms with van der Waals surface area (Å²) in [6, 6.07) is 55.9. The lowest BCUT2D eigenvalue weighted by atomic mass is 10.1. The molecule has 202 valence electrons. The number of hydrogen-bond donors (Lipinski definition) is 0. The van der Waals surface area contributed by atoms with Crippen molar-refractivity contribution < 1.29 is 4.42 Å². The highest BCUT2D eigenvalue weighted by molar-refractivity contribution is 6.18. The van der Waals surface area contributed by atoms with Crippen LogP contribution in [-0.4, -0.2) is 4.57 Å². The second-order valence-corrected chi connectivity index (χ2v) is 11.0. The van der Waals surface area contributed by atoms with Crippen molar-refractivity contribution in [3.8, 4) is 5.69 Å². The van der Waals surface area contributed by atoms with Gasteiger partial charge in [-0.2, -0.15) is 0 Å². The molecule has 9 aromatic rings. The van der Waals surface area contributed by atoms with Crippen LogP contribution in [0.3, 0.4) is 0 Å². The third-order valence-electron chi connectivity index (χ3n) is 8.56. The van der Waals surface area contributed by atoms with Gasteiger partial charge in [0.1, 0.15) is 5.58 Å². The van der Waals surface area contributed by atoms with Gasteiger partial charge in [-0.25, -0.2) is 0 Å². The van der Waals surface area contributed by atoms with E-state index in [4.69, 9.17) is 4.42 Å². The molecule has 0 unspecified atom stereocenters. The lowest BCUT2D eigenvalue weighted by molar-refractivity contribution is 0.669. The van der Waals surface area contributed by atoms with Crippen LogP contribution in [-0.2, 0) is 0 Å². The van der Waals surface area contributed by atoms with E-state index in [2.05, 4.69) is 155 Å². The Balaban J connectivity index is 1.26. The average molecular weight is 551 g/mol. The molecule has 3 nitrogen and oxygen atoms in total. The summed E-state index contributed by atoms with van der Waals surface area (Å²) >= 11 is 0. The predicted octanol–water partition coefficient (Wildman–Crippen LogP) is 11.3. The van der Waals surface area contributed by atoms with Crippen LogP contribution >= 0.6 is 0 Å². The van der Waals surface area contributed by atoms with Crippen LogP contribution in [0.1, 0.15) is 0 Å². The van der Waals surface area contributed by atoms with Crippen LogP contribution in [0.25, 0.3) is 60.2 Å². The molecule has 0 N–H and O–H groups in total. The number of para-hydroxylation sites is 4. The van der Waals surface area contributed by atoms with Crippen molar-refractivity contribution in [1.82, 2.24) is 4.57 Å². The summed E-state index contributed by atoms with van der Waals surface area (Å²) in [6.07, 6.45) is 0. The van der Waals surface area contributed by atoms with Gasteiger partial charge >= 0.3 is 0 Å². The minimum Gasteiger partial charge on any atom is -0.454 e. The smallest absolute Gasteiger partial charge is 0.159 e. The standard InChI is InChI=1S/C40H26N2O/c1-2-12-28(13-3-1)41(37-19-10-17-35-33-16-7-9-20-38(33)43-40(35)37)29-22-24-30(25-23-29)42-36-18-8-6-15-32(36)34-26-21-27-11-4-5-14-31(27)39(34)42/h1-26H. The van der Waals surface area contributed by atoms with Gasteiger partial charge < -0.3 is 13.9 Å². The van der Waals surface area contributed by atoms with Crippen LogP contribution in [0.4, 0.5) is 17.1 Å². The maximum atomic E-state index is 6.48. The highest BCUT2D eigenvalue weighted by Gasteiger charge is 2.20. The minimum atomic E-state index is 0.880. The molecule has 0 amide bonds. The van der Waals surface area contributed by atoms with E-state index in [1.807, 2.05) is 12.1 Å². The van der Waals surface area contributed by atoms with E-state index in [9.17, 15) is 0 Å². The van der Waals surface area contributed by atoms with Crippen molar-refractivity contribution in [2.24, 2.45) is 0 Å². The molecule has 2 heterocycles. The van der Waals surface area contributed by atoms with Gasteiger partial charge in [-0.1, -0.05) is 103 Å². The van der Waals surface area contributed by atoms with Gasteiger partial charge in [-0.15, -0.1) is 0 Å². The van der Waals surface area contributed by atoms with Crippen molar-refractivity contribution in [2.75, 3.05) is 4.90 Å². The quantitative estimate of drug-likeness (QED) is 0.217. The topological polar surface area (TPSA) is 21.3 Å². The van der Waals surface area contributed by atoms with Crippen LogP contribution in [0, 0.1) is 0 Å². The number of rotatable bonds is 4. The van der Waals surface area contributed by atoms with E-state index in [-0.39, 0.29) is 0 Å². The van der Waals surface area contributed by atoms with E-state index in [0.717, 1.165) is 44.7 Å². The molecule has 2 aromatic heterocycles. The largest absolute Gasteiger partial charge is 0.454 e. The Morgan fingerprint density at radius 1 is 0.442 bits per heavy atom. The van der Waals surface area contributed by atoms with E-state index >= 15 is 0 Å². The molecule has 9 rings (SSSR count). The minimum absolute atomic E-state index is 0.880. The summed E-state index contributed by atoms with van der Waals surface area (Å²) in [4.78, 5) is 2.29. The molecule has 7 aromatic carbocycles. The van der Waals surface area contributed by atoms with E-state index in [1.54, 1.807) is 0 Å². The first-order chi connectivity index (χ1) is 21.3. The van der Waals surface area contributed by atoms with Gasteiger partial charge in [0.05, 0.1) is 16.7 Å². The van der Waals surface area contributed by atoms with Crippen LogP contribution < -0.4 is 4.90 Å². The molecule has 0 bridgehead atoms. The molecule has 0 aliphatic carbocycles. The lowest BCUT2D eigenvalue weighted by Gasteiger charge is -2.25. The fraction of sp³-hybridized carbons (Fsp3) is 0. The molecule has 0 saturated heterocycles. The first kappa shape index (κ1) is 23.9. The van der Waals surface area contributed by atoms with Crippen LogP contribution in [0.15, 0.2) is 162 Å². The van der Waals surface area contributed by atoms with Gasteiger partial charge in [0, 0.05) is 44.0 Å². The normalized spacial score (nSPS) is 11.7. The van der Waals surface area contributed by atoms with Crippen molar-refractivity contribution >= 4 is 71.6 Å². The Labute approximate surface area is 248 Å². The second-order valence-electron chi connectivity index (χ2n) is 11.0. The van der Waals surface area contributed by atoms with Gasteiger partial charge in [0.15, 0.2) is 5.58 Å². The molecule has 0 radical (unpaired) electrons. The Morgan fingerprint density at radius 3 is 1.98 bits per heavy atom. The highest BCUT2D eigenvalue weighted by Crippen LogP contribution is 2.43. The SMILES string of the molecule is c1ccc(N(c2ccc(-n3c4ccccc4c4ccc5ccccc5c43)cc2)c2cccc3c2oc2ccccc23)cc1. The number of fused-ring (bicyclic) bond motifs is 8. The van der Waals surface area contributed by atoms with Crippen molar-refractivity contribution in [3.05, 3.63) is 158 Å². The second kappa shape index (κ2) is 9.37. The van der Waals surface area contributed by atoms with E-state index in [1.165, 1.54) is 32.6 Å². The van der Waals surface area contributed by atoms with Crippen molar-refractivity contribution in [3.63, 3.8) is 0 Å². The number of anilines is 3. The summed E-state index contributed by atoms with van der Waals surface area (Å²) < 4.78 is 8.89. The average Bonchev–Trinajstić information content (AvgIpc) is 3.63. The summed E-state index contributed by atoms with van der Waals surface area (Å²) in [7, 11) is 0. The van der Waals surface area contributed by atoms with Crippen LogP contribution in [0.2, 0.25) is 0 Å². The highest BCUT2D eigenvalue weighted by atomic mass is 16.3. The molecule has 3 heteroatoms. The van der Waals surface area contributed by atoms with Gasteiger partial charge in [0.2, 0.25) is 0 Å². The number of benzene rings is 7. The Morgan fingerprint density at radius 2 is 1.12 bits per heavy atom. The molecule has 0 saturated carbocycles. The molecule has 0 aliphatic rings. The fourth-order valence-electron chi connectivity index (χ4n) is 6.66. The molecule has 0 spiro atoms. The maximum Gasteiger partial charge on any atom is 0.159 e. The summed E-state index contributed by atoms with van der Waals surface area (Å²) in [5.74, 6) is 0. The summed E-state index contributed by atoms with van der Waals surface area (Å²) in [6.45, 7) is 0. The molecule has 0 atom stereocenters.